The molecule has 0 saturated carbocycles. The molecule has 0 unspecified atom stereocenters. The van der Waals surface area contributed by atoms with Crippen LogP contribution in [0.25, 0.3) is 10.2 Å². The van der Waals surface area contributed by atoms with Crippen LogP contribution in [0.1, 0.15) is 16.7 Å². The van der Waals surface area contributed by atoms with Crippen LogP contribution in [0.15, 0.2) is 41.3 Å². The zero-order chi connectivity index (χ0) is 16.4. The topological polar surface area (TPSA) is 42.0 Å². The van der Waals surface area contributed by atoms with Crippen molar-refractivity contribution in [1.29, 1.82) is 0 Å². The number of thioether (sulfide) groups is 1. The highest BCUT2D eigenvalue weighted by Crippen LogP contribution is 2.30. The van der Waals surface area contributed by atoms with Gasteiger partial charge in [-0.05, 0) is 48.9 Å². The summed E-state index contributed by atoms with van der Waals surface area (Å²) in [5, 5.41) is 3.60. The van der Waals surface area contributed by atoms with E-state index in [4.69, 9.17) is 0 Å². The fraction of sp³-hybridized carbons (Fsp3) is 0.222. The quantitative estimate of drug-likeness (QED) is 0.691. The van der Waals surface area contributed by atoms with Gasteiger partial charge in [-0.3, -0.25) is 4.79 Å². The molecule has 0 atom stereocenters. The average molecular weight is 342 g/mol. The van der Waals surface area contributed by atoms with Gasteiger partial charge in [0.15, 0.2) is 5.13 Å². The Morgan fingerprint density at radius 1 is 1.13 bits per heavy atom. The van der Waals surface area contributed by atoms with Gasteiger partial charge < -0.3 is 5.32 Å². The third-order valence-electron chi connectivity index (χ3n) is 3.71. The van der Waals surface area contributed by atoms with Crippen molar-refractivity contribution in [2.45, 2.75) is 25.2 Å². The minimum Gasteiger partial charge on any atom is -0.302 e. The summed E-state index contributed by atoms with van der Waals surface area (Å²) in [6.45, 7) is 4.11. The van der Waals surface area contributed by atoms with Crippen LogP contribution >= 0.6 is 23.1 Å². The molecule has 118 valence electrons. The number of fused-ring (bicyclic) bond motifs is 1. The zero-order valence-electron chi connectivity index (χ0n) is 13.3. The van der Waals surface area contributed by atoms with Gasteiger partial charge >= 0.3 is 0 Å². The lowest BCUT2D eigenvalue weighted by molar-refractivity contribution is -0.115. The Morgan fingerprint density at radius 2 is 1.83 bits per heavy atom. The van der Waals surface area contributed by atoms with Crippen molar-refractivity contribution >= 4 is 44.4 Å². The van der Waals surface area contributed by atoms with Crippen LogP contribution in [0.2, 0.25) is 0 Å². The van der Waals surface area contributed by atoms with E-state index in [2.05, 4.69) is 29.4 Å². The van der Waals surface area contributed by atoms with Crippen LogP contribution in [-0.2, 0) is 11.2 Å². The van der Waals surface area contributed by atoms with E-state index in [-0.39, 0.29) is 5.91 Å². The summed E-state index contributed by atoms with van der Waals surface area (Å²) in [6, 6.07) is 12.2. The molecule has 1 aromatic heterocycles. The monoisotopic (exact) mass is 342 g/mol. The highest BCUT2D eigenvalue weighted by molar-refractivity contribution is 7.98. The first-order valence-corrected chi connectivity index (χ1v) is 9.40. The van der Waals surface area contributed by atoms with E-state index in [0.717, 1.165) is 21.3 Å². The molecular weight excluding hydrogens is 324 g/mol. The average Bonchev–Trinajstić information content (AvgIpc) is 2.96. The van der Waals surface area contributed by atoms with Crippen molar-refractivity contribution in [2.24, 2.45) is 0 Å². The number of nitrogens with one attached hydrogen (secondary N) is 1. The SMILES string of the molecule is CSc1ccc(CC(=O)Nc2nc3c(C)ccc(C)c3s2)cc1. The molecule has 0 spiro atoms. The molecule has 23 heavy (non-hydrogen) atoms. The lowest BCUT2D eigenvalue weighted by Gasteiger charge is -2.03. The third kappa shape index (κ3) is 3.57. The lowest BCUT2D eigenvalue weighted by Crippen LogP contribution is -2.14. The van der Waals surface area contributed by atoms with Crippen LogP contribution in [0, 0.1) is 13.8 Å². The number of benzene rings is 2. The normalized spacial score (nSPS) is 10.9. The Balaban J connectivity index is 1.74. The highest BCUT2D eigenvalue weighted by Gasteiger charge is 2.11. The van der Waals surface area contributed by atoms with Gasteiger partial charge in [-0.2, -0.15) is 0 Å². The Hall–Kier alpha value is -1.85. The van der Waals surface area contributed by atoms with Crippen LogP contribution in [0.3, 0.4) is 0 Å². The summed E-state index contributed by atoms with van der Waals surface area (Å²) in [5.41, 5.74) is 4.31. The maximum atomic E-state index is 12.2. The van der Waals surface area contributed by atoms with Gasteiger partial charge in [0.25, 0.3) is 0 Å². The number of hydrogen-bond donors (Lipinski definition) is 1. The molecule has 1 heterocycles. The predicted octanol–water partition coefficient (Wildman–Crippen LogP) is 4.82. The van der Waals surface area contributed by atoms with Gasteiger partial charge in [0.05, 0.1) is 16.6 Å². The maximum Gasteiger partial charge on any atom is 0.230 e. The molecule has 1 N–H and O–H groups in total. The number of carbonyl (C=O) groups excluding carboxylic acids is 1. The predicted molar refractivity (Wildman–Crippen MR) is 99.7 cm³/mol. The first-order valence-electron chi connectivity index (χ1n) is 7.36. The van der Waals surface area contributed by atoms with Crippen LogP contribution < -0.4 is 5.32 Å². The van der Waals surface area contributed by atoms with Gasteiger partial charge in [-0.15, -0.1) is 11.8 Å². The van der Waals surface area contributed by atoms with E-state index >= 15 is 0 Å². The van der Waals surface area contributed by atoms with Crippen molar-refractivity contribution in [1.82, 2.24) is 4.98 Å². The molecule has 0 fully saturated rings. The molecule has 2 aromatic carbocycles. The number of hydrogen-bond acceptors (Lipinski definition) is 4. The van der Waals surface area contributed by atoms with Crippen molar-refractivity contribution < 1.29 is 4.79 Å². The Bertz CT molecular complexity index is 814. The van der Waals surface area contributed by atoms with Crippen molar-refractivity contribution in [2.75, 3.05) is 11.6 Å². The van der Waals surface area contributed by atoms with E-state index in [1.807, 2.05) is 37.4 Å². The van der Waals surface area contributed by atoms with Crippen molar-refractivity contribution in [3.8, 4) is 0 Å². The molecule has 3 nitrogen and oxygen atoms in total. The summed E-state index contributed by atoms with van der Waals surface area (Å²) in [6.07, 6.45) is 2.40. The standard InChI is InChI=1S/C18H18N2OS2/c1-11-4-5-12(2)17-16(11)20-18(23-17)19-15(21)10-13-6-8-14(22-3)9-7-13/h4-9H,10H2,1-3H3,(H,19,20,21). The van der Waals surface area contributed by atoms with Gasteiger partial charge in [-0.1, -0.05) is 35.6 Å². The molecule has 1 amide bonds. The smallest absolute Gasteiger partial charge is 0.230 e. The fourth-order valence-corrected chi connectivity index (χ4v) is 3.84. The van der Waals surface area contributed by atoms with E-state index in [9.17, 15) is 4.79 Å². The number of rotatable bonds is 4. The molecule has 0 aliphatic carbocycles. The number of thiazole rings is 1. The molecule has 0 bridgehead atoms. The Kier molecular flexibility index (Phi) is 4.68. The maximum absolute atomic E-state index is 12.2. The molecule has 0 aliphatic heterocycles. The summed E-state index contributed by atoms with van der Waals surface area (Å²) in [5.74, 6) is -0.0312. The summed E-state index contributed by atoms with van der Waals surface area (Å²) >= 11 is 3.23. The lowest BCUT2D eigenvalue weighted by atomic mass is 10.1. The van der Waals surface area contributed by atoms with Gasteiger partial charge in [0.2, 0.25) is 5.91 Å². The number of aromatic nitrogens is 1. The van der Waals surface area contributed by atoms with Crippen molar-refractivity contribution in [3.63, 3.8) is 0 Å². The third-order valence-corrected chi connectivity index (χ3v) is 5.56. The first-order chi connectivity index (χ1) is 11.1. The minimum atomic E-state index is -0.0312. The van der Waals surface area contributed by atoms with Crippen LogP contribution in [0.4, 0.5) is 5.13 Å². The fourth-order valence-electron chi connectivity index (χ4n) is 2.40. The second-order valence-corrected chi connectivity index (χ2v) is 7.35. The van der Waals surface area contributed by atoms with Gasteiger partial charge in [0, 0.05) is 4.90 Å². The molecule has 0 radical (unpaired) electrons. The molecule has 3 aromatic rings. The van der Waals surface area contributed by atoms with Crippen LogP contribution in [0.5, 0.6) is 0 Å². The van der Waals surface area contributed by atoms with Gasteiger partial charge in [0.1, 0.15) is 0 Å². The molecule has 5 heteroatoms. The molecule has 0 saturated heterocycles. The molecular formula is C18H18N2OS2. The van der Waals surface area contributed by atoms with Gasteiger partial charge in [-0.25, -0.2) is 4.98 Å². The minimum absolute atomic E-state index is 0.0312. The number of nitrogens with zero attached hydrogens (tertiary/aromatic N) is 1. The second-order valence-electron chi connectivity index (χ2n) is 5.47. The highest BCUT2D eigenvalue weighted by atomic mass is 32.2. The molecule has 3 rings (SSSR count). The first kappa shape index (κ1) is 16.0. The molecule has 0 aliphatic rings. The second kappa shape index (κ2) is 6.72. The summed E-state index contributed by atoms with van der Waals surface area (Å²) in [4.78, 5) is 18.0. The zero-order valence-corrected chi connectivity index (χ0v) is 15.0. The van der Waals surface area contributed by atoms with Crippen molar-refractivity contribution in [3.05, 3.63) is 53.1 Å². The summed E-state index contributed by atoms with van der Waals surface area (Å²) < 4.78 is 1.14. The number of carbonyl (C=O) groups is 1. The van der Waals surface area contributed by atoms with E-state index < -0.39 is 0 Å². The van der Waals surface area contributed by atoms with E-state index in [1.165, 1.54) is 21.8 Å². The van der Waals surface area contributed by atoms with E-state index in [1.54, 1.807) is 11.8 Å². The largest absolute Gasteiger partial charge is 0.302 e. The number of aryl methyl sites for hydroxylation is 2. The van der Waals surface area contributed by atoms with E-state index in [0.29, 0.717) is 11.6 Å². The number of anilines is 1. The Labute approximate surface area is 144 Å². The number of amides is 1. The van der Waals surface area contributed by atoms with Crippen LogP contribution in [-0.4, -0.2) is 17.1 Å². The summed E-state index contributed by atoms with van der Waals surface area (Å²) in [7, 11) is 0. The Morgan fingerprint density at radius 3 is 2.48 bits per heavy atom.